The van der Waals surface area contributed by atoms with E-state index in [2.05, 4.69) is 18.4 Å². The molecule has 3 heteroatoms. The highest BCUT2D eigenvalue weighted by atomic mass is 35.5. The molecule has 1 rings (SSSR count). The van der Waals surface area contributed by atoms with Gasteiger partial charge in [-0.05, 0) is 18.9 Å². The fraction of sp³-hybridized carbons (Fsp3) is 0.778. The van der Waals surface area contributed by atoms with E-state index in [1.807, 2.05) is 0 Å². The summed E-state index contributed by atoms with van der Waals surface area (Å²) >= 11 is 5.68. The predicted molar refractivity (Wildman–Crippen MR) is 51.2 cm³/mol. The molecule has 0 radical (unpaired) electrons. The fourth-order valence-corrected chi connectivity index (χ4v) is 1.67. The van der Waals surface area contributed by atoms with Gasteiger partial charge in [-0.25, -0.2) is 0 Å². The number of hydrogen-bond acceptors (Lipinski definition) is 2. The SMILES string of the molecule is C=C(Cl)CN1CCC(C)C(O)C1. The van der Waals surface area contributed by atoms with Crippen molar-refractivity contribution in [2.24, 2.45) is 5.92 Å². The summed E-state index contributed by atoms with van der Waals surface area (Å²) in [5.74, 6) is 0.421. The molecule has 1 heterocycles. The van der Waals surface area contributed by atoms with Gasteiger partial charge in [0.25, 0.3) is 0 Å². The molecule has 1 N–H and O–H groups in total. The van der Waals surface area contributed by atoms with Crippen LogP contribution in [0.5, 0.6) is 0 Å². The van der Waals surface area contributed by atoms with E-state index in [0.717, 1.165) is 19.5 Å². The molecule has 12 heavy (non-hydrogen) atoms. The summed E-state index contributed by atoms with van der Waals surface area (Å²) in [7, 11) is 0. The van der Waals surface area contributed by atoms with Crippen molar-refractivity contribution in [2.75, 3.05) is 19.6 Å². The Morgan fingerprint density at radius 3 is 2.92 bits per heavy atom. The highest BCUT2D eigenvalue weighted by Gasteiger charge is 2.23. The van der Waals surface area contributed by atoms with Gasteiger partial charge in [0.1, 0.15) is 0 Å². The second kappa shape index (κ2) is 4.26. The molecule has 1 fully saturated rings. The van der Waals surface area contributed by atoms with E-state index in [0.29, 0.717) is 17.5 Å². The van der Waals surface area contributed by atoms with Crippen LogP contribution < -0.4 is 0 Å². The first-order valence-electron chi connectivity index (χ1n) is 4.33. The van der Waals surface area contributed by atoms with Crippen molar-refractivity contribution in [1.29, 1.82) is 0 Å². The summed E-state index contributed by atoms with van der Waals surface area (Å²) in [6.07, 6.45) is 0.848. The third kappa shape index (κ3) is 2.77. The van der Waals surface area contributed by atoms with Crippen LogP contribution in [0.1, 0.15) is 13.3 Å². The zero-order valence-electron chi connectivity index (χ0n) is 7.46. The molecule has 0 amide bonds. The molecule has 0 saturated carbocycles. The van der Waals surface area contributed by atoms with Crippen LogP contribution in [-0.2, 0) is 0 Å². The molecular weight excluding hydrogens is 174 g/mol. The Kier molecular flexibility index (Phi) is 3.56. The second-order valence-corrected chi connectivity index (χ2v) is 4.12. The van der Waals surface area contributed by atoms with E-state index < -0.39 is 0 Å². The number of nitrogens with zero attached hydrogens (tertiary/aromatic N) is 1. The number of hydrogen-bond donors (Lipinski definition) is 1. The minimum atomic E-state index is -0.199. The lowest BCUT2D eigenvalue weighted by Gasteiger charge is -2.33. The van der Waals surface area contributed by atoms with Crippen molar-refractivity contribution in [3.63, 3.8) is 0 Å². The van der Waals surface area contributed by atoms with Crippen LogP contribution in [0, 0.1) is 5.92 Å². The molecular formula is C9H16ClNO. The summed E-state index contributed by atoms with van der Waals surface area (Å²) in [6.45, 7) is 8.16. The van der Waals surface area contributed by atoms with Gasteiger partial charge in [0.15, 0.2) is 0 Å². The highest BCUT2D eigenvalue weighted by Crippen LogP contribution is 2.17. The lowest BCUT2D eigenvalue weighted by atomic mass is 9.96. The van der Waals surface area contributed by atoms with Crippen LogP contribution >= 0.6 is 11.6 Å². The van der Waals surface area contributed by atoms with E-state index in [-0.39, 0.29) is 6.10 Å². The van der Waals surface area contributed by atoms with Gasteiger partial charge >= 0.3 is 0 Å². The van der Waals surface area contributed by atoms with Crippen molar-refractivity contribution in [2.45, 2.75) is 19.4 Å². The average molecular weight is 190 g/mol. The number of β-amino-alcohol motifs (C(OH)–C–C–N with tert-alkyl or cyclic N) is 1. The van der Waals surface area contributed by atoms with Crippen LogP contribution in [0.15, 0.2) is 11.6 Å². The average Bonchev–Trinajstić information content (AvgIpc) is 1.96. The summed E-state index contributed by atoms with van der Waals surface area (Å²) in [5, 5.41) is 10.2. The van der Waals surface area contributed by atoms with Crippen LogP contribution in [0.2, 0.25) is 0 Å². The molecule has 0 aliphatic carbocycles. The maximum absolute atomic E-state index is 9.55. The van der Waals surface area contributed by atoms with E-state index in [1.165, 1.54) is 0 Å². The van der Waals surface area contributed by atoms with Gasteiger partial charge in [0.2, 0.25) is 0 Å². The number of halogens is 1. The Bertz CT molecular complexity index is 172. The molecule has 2 unspecified atom stereocenters. The van der Waals surface area contributed by atoms with Crippen molar-refractivity contribution >= 4 is 11.6 Å². The first-order valence-corrected chi connectivity index (χ1v) is 4.71. The van der Waals surface area contributed by atoms with Gasteiger partial charge in [-0.2, -0.15) is 0 Å². The third-order valence-electron chi connectivity index (χ3n) is 2.40. The van der Waals surface area contributed by atoms with Gasteiger partial charge in [0, 0.05) is 18.1 Å². The van der Waals surface area contributed by atoms with Crippen molar-refractivity contribution < 1.29 is 5.11 Å². The summed E-state index contributed by atoms with van der Waals surface area (Å²) < 4.78 is 0. The maximum atomic E-state index is 9.55. The second-order valence-electron chi connectivity index (χ2n) is 3.59. The van der Waals surface area contributed by atoms with Gasteiger partial charge in [-0.3, -0.25) is 4.90 Å². The van der Waals surface area contributed by atoms with Crippen LogP contribution in [0.25, 0.3) is 0 Å². The number of likely N-dealkylation sites (tertiary alicyclic amines) is 1. The Labute approximate surface area is 78.8 Å². The minimum Gasteiger partial charge on any atom is -0.392 e. The van der Waals surface area contributed by atoms with Crippen molar-refractivity contribution in [3.8, 4) is 0 Å². The van der Waals surface area contributed by atoms with Gasteiger partial charge in [0.05, 0.1) is 6.10 Å². The molecule has 1 aliphatic rings. The molecule has 0 spiro atoms. The van der Waals surface area contributed by atoms with E-state index in [9.17, 15) is 5.11 Å². The molecule has 0 aromatic rings. The standard InChI is InChI=1S/C9H16ClNO/c1-7-3-4-11(5-8(2)10)6-9(7)12/h7,9,12H,2-6H2,1H3. The Hall–Kier alpha value is -0.0500. The number of rotatable bonds is 2. The quantitative estimate of drug-likeness (QED) is 0.711. The molecule has 70 valence electrons. The highest BCUT2D eigenvalue weighted by molar-refractivity contribution is 6.29. The van der Waals surface area contributed by atoms with Gasteiger partial charge < -0.3 is 5.11 Å². The lowest BCUT2D eigenvalue weighted by Crippen LogP contribution is -2.43. The van der Waals surface area contributed by atoms with Gasteiger partial charge in [-0.1, -0.05) is 25.1 Å². The topological polar surface area (TPSA) is 23.5 Å². The number of aliphatic hydroxyl groups is 1. The fourth-order valence-electron chi connectivity index (χ4n) is 1.50. The summed E-state index contributed by atoms with van der Waals surface area (Å²) in [4.78, 5) is 2.14. The molecule has 0 bridgehead atoms. The maximum Gasteiger partial charge on any atom is 0.0693 e. The summed E-state index contributed by atoms with van der Waals surface area (Å²) in [6, 6.07) is 0. The number of aliphatic hydroxyl groups excluding tert-OH is 1. The molecule has 0 aromatic carbocycles. The van der Waals surface area contributed by atoms with Crippen molar-refractivity contribution in [1.82, 2.24) is 4.90 Å². The van der Waals surface area contributed by atoms with Crippen LogP contribution in [-0.4, -0.2) is 35.7 Å². The molecule has 1 aliphatic heterocycles. The third-order valence-corrected chi connectivity index (χ3v) is 2.52. The number of piperidine rings is 1. The van der Waals surface area contributed by atoms with E-state index in [4.69, 9.17) is 11.6 Å². The first-order chi connectivity index (χ1) is 5.59. The zero-order chi connectivity index (χ0) is 9.14. The lowest BCUT2D eigenvalue weighted by molar-refractivity contribution is 0.0339. The van der Waals surface area contributed by atoms with Crippen LogP contribution in [0.3, 0.4) is 0 Å². The van der Waals surface area contributed by atoms with E-state index >= 15 is 0 Å². The monoisotopic (exact) mass is 189 g/mol. The van der Waals surface area contributed by atoms with Gasteiger partial charge in [-0.15, -0.1) is 0 Å². The molecule has 2 nitrogen and oxygen atoms in total. The molecule has 2 atom stereocenters. The van der Waals surface area contributed by atoms with Crippen LogP contribution in [0.4, 0.5) is 0 Å². The van der Waals surface area contributed by atoms with E-state index in [1.54, 1.807) is 0 Å². The minimum absolute atomic E-state index is 0.199. The molecule has 0 aromatic heterocycles. The Morgan fingerprint density at radius 2 is 2.42 bits per heavy atom. The first kappa shape index (κ1) is 10.0. The Morgan fingerprint density at radius 1 is 1.75 bits per heavy atom. The predicted octanol–water partition coefficient (Wildman–Crippen LogP) is 1.44. The van der Waals surface area contributed by atoms with Crippen molar-refractivity contribution in [3.05, 3.63) is 11.6 Å². The normalized spacial score (nSPS) is 31.9. The largest absolute Gasteiger partial charge is 0.392 e. The Balaban J connectivity index is 2.35. The summed E-state index contributed by atoms with van der Waals surface area (Å²) in [5.41, 5.74) is 0. The molecule has 1 saturated heterocycles. The zero-order valence-corrected chi connectivity index (χ0v) is 8.22. The smallest absolute Gasteiger partial charge is 0.0693 e.